The van der Waals surface area contributed by atoms with Gasteiger partial charge in [-0.2, -0.15) is 10.5 Å². The zero-order valence-corrected chi connectivity index (χ0v) is 16.6. The third-order valence-corrected chi connectivity index (χ3v) is 5.25. The molecule has 0 radical (unpaired) electrons. The lowest BCUT2D eigenvalue weighted by atomic mass is 9.59. The van der Waals surface area contributed by atoms with Gasteiger partial charge in [0.05, 0.1) is 24.7 Å². The molecule has 146 valence electrons. The van der Waals surface area contributed by atoms with Crippen molar-refractivity contribution in [3.63, 3.8) is 0 Å². The molecule has 1 fully saturated rings. The van der Waals surface area contributed by atoms with Crippen molar-refractivity contribution in [3.05, 3.63) is 0 Å². The highest BCUT2D eigenvalue weighted by atomic mass is 16.5. The molecule has 0 bridgehead atoms. The van der Waals surface area contributed by atoms with Gasteiger partial charge in [-0.05, 0) is 43.9 Å². The quantitative estimate of drug-likeness (QED) is 0.524. The molecule has 0 aromatic rings. The molecule has 0 N–H and O–H groups in total. The van der Waals surface area contributed by atoms with Gasteiger partial charge in [0.1, 0.15) is 0 Å². The minimum atomic E-state index is -1.24. The van der Waals surface area contributed by atoms with E-state index in [-0.39, 0.29) is 42.7 Å². The molecule has 6 nitrogen and oxygen atoms in total. The molecule has 1 aliphatic carbocycles. The smallest absolute Gasteiger partial charge is 0.308 e. The maximum Gasteiger partial charge on any atom is 0.308 e. The van der Waals surface area contributed by atoms with Crippen molar-refractivity contribution in [2.24, 2.45) is 29.1 Å². The molecule has 0 heterocycles. The van der Waals surface area contributed by atoms with Crippen LogP contribution in [0.15, 0.2) is 0 Å². The lowest BCUT2D eigenvalue weighted by Crippen LogP contribution is -2.41. The number of esters is 2. The topological polar surface area (TPSA) is 100 Å². The van der Waals surface area contributed by atoms with Crippen LogP contribution >= 0.6 is 0 Å². The van der Waals surface area contributed by atoms with Crippen LogP contribution in [0.5, 0.6) is 0 Å². The van der Waals surface area contributed by atoms with E-state index in [1.54, 1.807) is 6.92 Å². The van der Waals surface area contributed by atoms with Gasteiger partial charge in [0, 0.05) is 13.3 Å². The third-order valence-electron chi connectivity index (χ3n) is 5.25. The van der Waals surface area contributed by atoms with Gasteiger partial charge in [0.15, 0.2) is 12.0 Å². The first-order valence-corrected chi connectivity index (χ1v) is 9.39. The van der Waals surface area contributed by atoms with Crippen molar-refractivity contribution >= 4 is 11.9 Å². The minimum Gasteiger partial charge on any atom is -0.466 e. The van der Waals surface area contributed by atoms with Gasteiger partial charge in [-0.3, -0.25) is 9.59 Å². The van der Waals surface area contributed by atoms with Crippen LogP contribution < -0.4 is 0 Å². The maximum absolute atomic E-state index is 12.1. The Morgan fingerprint density at radius 1 is 1.15 bits per heavy atom. The van der Waals surface area contributed by atoms with Crippen LogP contribution in [0.3, 0.4) is 0 Å². The maximum atomic E-state index is 12.1. The zero-order valence-electron chi connectivity index (χ0n) is 16.6. The highest BCUT2D eigenvalue weighted by Crippen LogP contribution is 2.48. The van der Waals surface area contributed by atoms with Crippen LogP contribution in [0.1, 0.15) is 53.4 Å². The summed E-state index contributed by atoms with van der Waals surface area (Å²) in [4.78, 5) is 22.9. The molecule has 1 saturated carbocycles. The van der Waals surface area contributed by atoms with Gasteiger partial charge in [-0.15, -0.1) is 0 Å². The summed E-state index contributed by atoms with van der Waals surface area (Å²) in [6.07, 6.45) is 1.93. The molecule has 3 atom stereocenters. The number of carbonyl (C=O) groups is 2. The van der Waals surface area contributed by atoms with Crippen molar-refractivity contribution in [3.8, 4) is 24.0 Å². The lowest BCUT2D eigenvalue weighted by Gasteiger charge is -2.42. The number of hydrogen-bond donors (Lipinski definition) is 0. The molecular weight excluding hydrogens is 344 g/mol. The van der Waals surface area contributed by atoms with Crippen molar-refractivity contribution in [2.75, 3.05) is 13.2 Å². The monoisotopic (exact) mass is 372 g/mol. The van der Waals surface area contributed by atoms with E-state index in [2.05, 4.69) is 37.8 Å². The van der Waals surface area contributed by atoms with Gasteiger partial charge in [0.25, 0.3) is 0 Å². The van der Waals surface area contributed by atoms with Crippen LogP contribution in [0, 0.1) is 63.6 Å². The summed E-state index contributed by atoms with van der Waals surface area (Å²) in [5.41, 5.74) is -1.24. The Balaban J connectivity index is 2.98. The zero-order chi connectivity index (χ0) is 20.4. The molecule has 6 heteroatoms. The first-order valence-electron chi connectivity index (χ1n) is 9.39. The van der Waals surface area contributed by atoms with Gasteiger partial charge < -0.3 is 9.47 Å². The average molecular weight is 372 g/mol. The molecule has 0 unspecified atom stereocenters. The van der Waals surface area contributed by atoms with Gasteiger partial charge >= 0.3 is 11.9 Å². The standard InChI is InChI=1S/C21H28N2O4/c1-5-26-20(25)17-8-9-19(18(12-17)15(2)3)21(13-22,14-23)10-6-7-11-27-16(4)24/h15,17-19H,5,8-12H2,1-4H3/t17-,18-,19-/m0/s1. The van der Waals surface area contributed by atoms with E-state index in [9.17, 15) is 20.1 Å². The second-order valence-corrected chi connectivity index (χ2v) is 7.28. The number of carbonyl (C=O) groups excluding carboxylic acids is 2. The Morgan fingerprint density at radius 2 is 1.81 bits per heavy atom. The minimum absolute atomic E-state index is 0.0501. The highest BCUT2D eigenvalue weighted by Gasteiger charge is 2.48. The fourth-order valence-corrected chi connectivity index (χ4v) is 3.82. The summed E-state index contributed by atoms with van der Waals surface area (Å²) < 4.78 is 9.92. The van der Waals surface area contributed by atoms with Crippen molar-refractivity contribution in [2.45, 2.75) is 53.4 Å². The van der Waals surface area contributed by atoms with Gasteiger partial charge in [-0.25, -0.2) is 0 Å². The molecule has 27 heavy (non-hydrogen) atoms. The second kappa shape index (κ2) is 10.6. The number of rotatable bonds is 6. The van der Waals surface area contributed by atoms with Crippen LogP contribution in [0.25, 0.3) is 0 Å². The summed E-state index contributed by atoms with van der Waals surface area (Å²) in [5.74, 6) is 4.85. The Morgan fingerprint density at radius 3 is 2.33 bits per heavy atom. The Kier molecular flexibility index (Phi) is 8.83. The summed E-state index contributed by atoms with van der Waals surface area (Å²) in [7, 11) is 0. The third kappa shape index (κ3) is 6.00. The van der Waals surface area contributed by atoms with E-state index in [1.807, 2.05) is 0 Å². The predicted octanol–water partition coefficient (Wildman–Crippen LogP) is 3.23. The molecule has 0 spiro atoms. The number of ether oxygens (including phenoxy) is 2. The van der Waals surface area contributed by atoms with Gasteiger partial charge in [0.2, 0.25) is 0 Å². The Bertz CT molecular complexity index is 661. The van der Waals surface area contributed by atoms with E-state index in [4.69, 9.17) is 9.47 Å². The van der Waals surface area contributed by atoms with Gasteiger partial charge in [-0.1, -0.05) is 25.7 Å². The first kappa shape index (κ1) is 22.5. The van der Waals surface area contributed by atoms with E-state index < -0.39 is 11.4 Å². The predicted molar refractivity (Wildman–Crippen MR) is 98.5 cm³/mol. The molecule has 0 amide bonds. The first-order chi connectivity index (χ1) is 12.8. The second-order valence-electron chi connectivity index (χ2n) is 7.28. The molecular formula is C21H28N2O4. The summed E-state index contributed by atoms with van der Waals surface area (Å²) >= 11 is 0. The average Bonchev–Trinajstić information content (AvgIpc) is 2.64. The van der Waals surface area contributed by atoms with E-state index >= 15 is 0 Å². The summed E-state index contributed by atoms with van der Waals surface area (Å²) in [5, 5.41) is 19.6. The van der Waals surface area contributed by atoms with Crippen molar-refractivity contribution in [1.82, 2.24) is 0 Å². The molecule has 0 aromatic carbocycles. The molecule has 1 aliphatic rings. The fourth-order valence-electron chi connectivity index (χ4n) is 3.82. The summed E-state index contributed by atoms with van der Waals surface area (Å²) in [6.45, 7) is 7.49. The van der Waals surface area contributed by atoms with E-state index in [1.165, 1.54) is 6.92 Å². The number of hydrogen-bond acceptors (Lipinski definition) is 6. The highest BCUT2D eigenvalue weighted by molar-refractivity contribution is 5.72. The normalized spacial score (nSPS) is 22.0. The Labute approximate surface area is 161 Å². The lowest BCUT2D eigenvalue weighted by molar-refractivity contribution is -0.151. The van der Waals surface area contributed by atoms with E-state index in [0.29, 0.717) is 25.9 Å². The molecule has 1 rings (SSSR count). The number of nitriles is 2. The largest absolute Gasteiger partial charge is 0.466 e. The summed E-state index contributed by atoms with van der Waals surface area (Å²) in [6, 6.07) is 4.40. The van der Waals surface area contributed by atoms with Crippen LogP contribution in [0.4, 0.5) is 0 Å². The van der Waals surface area contributed by atoms with Crippen LogP contribution in [-0.2, 0) is 19.1 Å². The number of nitrogens with zero attached hydrogens (tertiary/aromatic N) is 2. The van der Waals surface area contributed by atoms with Crippen LogP contribution in [0.2, 0.25) is 0 Å². The molecule has 0 saturated heterocycles. The SMILES string of the molecule is CCOC(=O)[C@H]1CC[C@H](C(C#N)(C#N)CC#CCOC(C)=O)[C@H](C(C)C)C1. The molecule has 0 aliphatic heterocycles. The Hall–Kier alpha value is -2.52. The van der Waals surface area contributed by atoms with Crippen molar-refractivity contribution in [1.29, 1.82) is 10.5 Å². The van der Waals surface area contributed by atoms with E-state index in [0.717, 1.165) is 0 Å². The fraction of sp³-hybridized carbons (Fsp3) is 0.714. The van der Waals surface area contributed by atoms with Crippen LogP contribution in [-0.4, -0.2) is 25.2 Å². The molecule has 0 aromatic heterocycles. The van der Waals surface area contributed by atoms with Crippen molar-refractivity contribution < 1.29 is 19.1 Å².